The summed E-state index contributed by atoms with van der Waals surface area (Å²) in [6, 6.07) is 11.0. The Hall–Kier alpha value is -3.06. The van der Waals surface area contributed by atoms with Crippen molar-refractivity contribution in [2.45, 2.75) is 26.8 Å². The quantitative estimate of drug-likeness (QED) is 0.583. The summed E-state index contributed by atoms with van der Waals surface area (Å²) in [6.07, 6.45) is 0. The summed E-state index contributed by atoms with van der Waals surface area (Å²) in [7, 11) is 5.00. The third-order valence-corrected chi connectivity index (χ3v) is 5.08. The van der Waals surface area contributed by atoms with Crippen LogP contribution in [0.3, 0.4) is 0 Å². The predicted octanol–water partition coefficient (Wildman–Crippen LogP) is 1.65. The summed E-state index contributed by atoms with van der Waals surface area (Å²) in [5, 5.41) is 5.89. The molecule has 0 aromatic heterocycles. The third-order valence-electron chi connectivity index (χ3n) is 5.08. The van der Waals surface area contributed by atoms with E-state index in [-0.39, 0.29) is 30.9 Å². The molecule has 0 bridgehead atoms. The average Bonchev–Trinajstić information content (AvgIpc) is 2.70. The van der Waals surface area contributed by atoms with E-state index in [1.165, 1.54) is 0 Å². The molecule has 7 heteroatoms. The fourth-order valence-electron chi connectivity index (χ4n) is 3.24. The largest absolute Gasteiger partial charge is 0.497 e. The molecule has 0 aliphatic heterocycles. The second kappa shape index (κ2) is 10.6. The summed E-state index contributed by atoms with van der Waals surface area (Å²) in [5.41, 5.74) is 3.80. The van der Waals surface area contributed by atoms with Crippen molar-refractivity contribution in [3.05, 3.63) is 53.1 Å². The average molecular weight is 415 g/mol. The fraction of sp³-hybridized carbons (Fsp3) is 0.391. The number of rotatable bonds is 9. The van der Waals surface area contributed by atoms with Crippen molar-refractivity contribution in [2.75, 3.05) is 39.7 Å². The molecule has 0 saturated heterocycles. The predicted molar refractivity (Wildman–Crippen MR) is 117 cm³/mol. The minimum Gasteiger partial charge on any atom is -0.497 e. The van der Waals surface area contributed by atoms with E-state index in [2.05, 4.69) is 10.6 Å². The zero-order chi connectivity index (χ0) is 22.3. The van der Waals surface area contributed by atoms with Crippen LogP contribution < -0.4 is 25.0 Å². The van der Waals surface area contributed by atoms with E-state index >= 15 is 0 Å². The zero-order valence-electron chi connectivity index (χ0n) is 18.6. The summed E-state index contributed by atoms with van der Waals surface area (Å²) in [4.78, 5) is 25.7. The lowest BCUT2D eigenvalue weighted by molar-refractivity contribution is -0.862. The number of benzene rings is 2. The Morgan fingerprint density at radius 1 is 1.03 bits per heavy atom. The van der Waals surface area contributed by atoms with Crippen molar-refractivity contribution in [3.8, 4) is 11.5 Å². The Morgan fingerprint density at radius 3 is 2.40 bits per heavy atom. The van der Waals surface area contributed by atoms with Crippen LogP contribution in [0.4, 0.5) is 5.69 Å². The lowest BCUT2D eigenvalue weighted by atomic mass is 10.1. The summed E-state index contributed by atoms with van der Waals surface area (Å²) in [5.74, 6) is 1.09. The van der Waals surface area contributed by atoms with Crippen molar-refractivity contribution in [1.29, 1.82) is 0 Å². The van der Waals surface area contributed by atoms with Crippen LogP contribution in [0.1, 0.15) is 29.7 Å². The molecule has 0 heterocycles. The second-order valence-corrected chi connectivity index (χ2v) is 7.50. The molecule has 0 radical (unpaired) electrons. The zero-order valence-corrected chi connectivity index (χ0v) is 18.6. The molecule has 2 aromatic rings. The van der Waals surface area contributed by atoms with Crippen LogP contribution in [0.2, 0.25) is 0 Å². The van der Waals surface area contributed by atoms with E-state index in [4.69, 9.17) is 9.47 Å². The number of likely N-dealkylation sites (N-methyl/N-ethyl adjacent to an activating group) is 1. The number of anilines is 1. The highest BCUT2D eigenvalue weighted by Gasteiger charge is 2.19. The molecule has 0 saturated carbocycles. The highest BCUT2D eigenvalue weighted by atomic mass is 16.5. The van der Waals surface area contributed by atoms with Crippen LogP contribution in [0.5, 0.6) is 11.5 Å². The number of amides is 2. The van der Waals surface area contributed by atoms with Gasteiger partial charge in [-0.25, -0.2) is 0 Å². The maximum absolute atomic E-state index is 12.5. The standard InChI is InChI=1S/C23H31N3O4/c1-15-8-7-9-20(16(15)2)25-23(28)14-26(4)13-22(27)24-17(3)19-12-18(29-5)10-11-21(19)30-6/h7-12,17H,13-14H2,1-6H3,(H,24,27)(H,25,28)/p+1/t17-/m0/s1. The van der Waals surface area contributed by atoms with Gasteiger partial charge in [0.05, 0.1) is 27.3 Å². The van der Waals surface area contributed by atoms with E-state index in [1.807, 2.05) is 64.2 Å². The molecule has 7 nitrogen and oxygen atoms in total. The van der Waals surface area contributed by atoms with Gasteiger partial charge in [0, 0.05) is 11.3 Å². The number of quaternary nitrogens is 1. The van der Waals surface area contributed by atoms with Crippen LogP contribution in [-0.2, 0) is 9.59 Å². The van der Waals surface area contributed by atoms with Crippen LogP contribution in [-0.4, -0.2) is 46.2 Å². The Bertz CT molecular complexity index is 898. The number of methoxy groups -OCH3 is 2. The molecule has 162 valence electrons. The van der Waals surface area contributed by atoms with Gasteiger partial charge in [-0.15, -0.1) is 0 Å². The van der Waals surface area contributed by atoms with Crippen LogP contribution >= 0.6 is 0 Å². The molecule has 2 rings (SSSR count). The second-order valence-electron chi connectivity index (χ2n) is 7.50. The highest BCUT2D eigenvalue weighted by molar-refractivity contribution is 5.92. The number of nitrogens with one attached hydrogen (secondary N) is 3. The first kappa shape index (κ1) is 23.2. The van der Waals surface area contributed by atoms with Gasteiger partial charge in [-0.05, 0) is 56.2 Å². The van der Waals surface area contributed by atoms with Gasteiger partial charge in [-0.2, -0.15) is 0 Å². The van der Waals surface area contributed by atoms with Crippen LogP contribution in [0, 0.1) is 13.8 Å². The molecule has 1 unspecified atom stereocenters. The summed E-state index contributed by atoms with van der Waals surface area (Å²) >= 11 is 0. The third kappa shape index (κ3) is 6.22. The molecule has 2 atom stereocenters. The molecule has 30 heavy (non-hydrogen) atoms. The van der Waals surface area contributed by atoms with Gasteiger partial charge in [0.2, 0.25) is 0 Å². The molecule has 0 spiro atoms. The molecule has 0 fully saturated rings. The van der Waals surface area contributed by atoms with Crippen molar-refractivity contribution < 1.29 is 24.0 Å². The maximum Gasteiger partial charge on any atom is 0.279 e. The van der Waals surface area contributed by atoms with Gasteiger partial charge < -0.3 is 25.0 Å². The number of ether oxygens (including phenoxy) is 2. The highest BCUT2D eigenvalue weighted by Crippen LogP contribution is 2.29. The van der Waals surface area contributed by atoms with E-state index in [0.29, 0.717) is 11.5 Å². The van der Waals surface area contributed by atoms with Gasteiger partial charge in [0.25, 0.3) is 11.8 Å². The minimum absolute atomic E-state index is 0.128. The Balaban J connectivity index is 1.91. The minimum atomic E-state index is -0.265. The molecule has 2 amide bonds. The van der Waals surface area contributed by atoms with Gasteiger partial charge in [0.1, 0.15) is 11.5 Å². The van der Waals surface area contributed by atoms with Gasteiger partial charge >= 0.3 is 0 Å². The van der Waals surface area contributed by atoms with Crippen molar-refractivity contribution in [2.24, 2.45) is 0 Å². The van der Waals surface area contributed by atoms with E-state index < -0.39 is 0 Å². The number of carbonyl (C=O) groups excluding carboxylic acids is 2. The Kier molecular flexibility index (Phi) is 8.24. The van der Waals surface area contributed by atoms with Crippen molar-refractivity contribution >= 4 is 17.5 Å². The lowest BCUT2D eigenvalue weighted by Crippen LogP contribution is -3.11. The Morgan fingerprint density at radius 2 is 1.73 bits per heavy atom. The first-order chi connectivity index (χ1) is 14.2. The topological polar surface area (TPSA) is 81.1 Å². The first-order valence-corrected chi connectivity index (χ1v) is 9.93. The normalized spacial score (nSPS) is 12.6. The first-order valence-electron chi connectivity index (χ1n) is 9.93. The number of aryl methyl sites for hydroxylation is 1. The van der Waals surface area contributed by atoms with Crippen molar-refractivity contribution in [1.82, 2.24) is 5.32 Å². The molecule has 3 N–H and O–H groups in total. The summed E-state index contributed by atoms with van der Waals surface area (Å²) < 4.78 is 10.7. The number of hydrogen-bond acceptors (Lipinski definition) is 4. The van der Waals surface area contributed by atoms with E-state index in [0.717, 1.165) is 27.3 Å². The number of carbonyl (C=O) groups is 2. The lowest BCUT2D eigenvalue weighted by Gasteiger charge is -2.19. The van der Waals surface area contributed by atoms with Gasteiger partial charge in [-0.3, -0.25) is 9.59 Å². The van der Waals surface area contributed by atoms with Gasteiger partial charge in [0.15, 0.2) is 13.1 Å². The van der Waals surface area contributed by atoms with Crippen LogP contribution in [0.15, 0.2) is 36.4 Å². The molecular formula is C23H32N3O4+. The molecule has 2 aromatic carbocycles. The smallest absolute Gasteiger partial charge is 0.279 e. The molecule has 0 aliphatic carbocycles. The molecule has 0 aliphatic rings. The molecular weight excluding hydrogens is 382 g/mol. The van der Waals surface area contributed by atoms with E-state index in [1.54, 1.807) is 14.2 Å². The Labute approximate surface area is 178 Å². The monoisotopic (exact) mass is 414 g/mol. The number of hydrogen-bond donors (Lipinski definition) is 3. The maximum atomic E-state index is 12.5. The van der Waals surface area contributed by atoms with E-state index in [9.17, 15) is 9.59 Å². The van der Waals surface area contributed by atoms with Gasteiger partial charge in [-0.1, -0.05) is 12.1 Å². The summed E-state index contributed by atoms with van der Waals surface area (Å²) in [6.45, 7) is 6.24. The SMILES string of the molecule is COc1ccc(OC)c([C@H](C)NC(=O)C[NH+](C)CC(=O)Nc2cccc(C)c2C)c1. The van der Waals surface area contributed by atoms with Crippen LogP contribution in [0.25, 0.3) is 0 Å². The fourth-order valence-corrected chi connectivity index (χ4v) is 3.24. The van der Waals surface area contributed by atoms with Crippen molar-refractivity contribution in [3.63, 3.8) is 0 Å².